The van der Waals surface area contributed by atoms with E-state index in [1.807, 2.05) is 0 Å². The van der Waals surface area contributed by atoms with E-state index in [1.54, 1.807) is 18.2 Å². The van der Waals surface area contributed by atoms with Gasteiger partial charge < -0.3 is 19.5 Å². The quantitative estimate of drug-likeness (QED) is 0.700. The van der Waals surface area contributed by atoms with E-state index < -0.39 is 19.2 Å². The van der Waals surface area contributed by atoms with Crippen LogP contribution in [0.1, 0.15) is 18.1 Å². The van der Waals surface area contributed by atoms with Crippen LogP contribution in [-0.2, 0) is 9.45 Å². The summed E-state index contributed by atoms with van der Waals surface area (Å²) in [5.41, 5.74) is 1.28. The van der Waals surface area contributed by atoms with Crippen LogP contribution < -0.4 is 10.2 Å². The Morgan fingerprint density at radius 2 is 2.38 bits per heavy atom. The van der Waals surface area contributed by atoms with Gasteiger partial charge in [-0.3, -0.25) is 4.79 Å². The van der Waals surface area contributed by atoms with Crippen molar-refractivity contribution in [2.24, 2.45) is 0 Å². The summed E-state index contributed by atoms with van der Waals surface area (Å²) in [6.45, 7) is 0. The van der Waals surface area contributed by atoms with Crippen molar-refractivity contribution in [2.45, 2.75) is 12.5 Å². The van der Waals surface area contributed by atoms with Crippen LogP contribution in [0.15, 0.2) is 18.2 Å². The van der Waals surface area contributed by atoms with Crippen molar-refractivity contribution in [1.82, 2.24) is 0 Å². The van der Waals surface area contributed by atoms with Gasteiger partial charge in [-0.1, -0.05) is 6.07 Å². The number of carboxylic acid groups (broad SMARTS) is 1. The Bertz CT molecular complexity index is 420. The minimum Gasteiger partial charge on any atom is -0.497 e. The van der Waals surface area contributed by atoms with E-state index in [9.17, 15) is 9.82 Å². The molecular formula is C10H11BO5. The Morgan fingerprint density at radius 1 is 1.62 bits per heavy atom. The van der Waals surface area contributed by atoms with Gasteiger partial charge in [0.2, 0.25) is 0 Å². The minimum absolute atomic E-state index is 0.156. The first-order valence-electron chi connectivity index (χ1n) is 4.85. The zero-order valence-electron chi connectivity index (χ0n) is 8.71. The third-order valence-corrected chi connectivity index (χ3v) is 2.56. The van der Waals surface area contributed by atoms with Gasteiger partial charge in [0.1, 0.15) is 5.75 Å². The summed E-state index contributed by atoms with van der Waals surface area (Å²) in [4.78, 5) is 10.6. The number of hydrogen-bond donors (Lipinski definition) is 2. The predicted molar refractivity (Wildman–Crippen MR) is 56.7 cm³/mol. The second-order valence-electron chi connectivity index (χ2n) is 3.57. The van der Waals surface area contributed by atoms with Crippen LogP contribution in [-0.4, -0.2) is 30.3 Å². The lowest BCUT2D eigenvalue weighted by atomic mass is 9.79. The van der Waals surface area contributed by atoms with Gasteiger partial charge in [-0.05, 0) is 23.2 Å². The van der Waals surface area contributed by atoms with Crippen molar-refractivity contribution >= 4 is 18.6 Å². The van der Waals surface area contributed by atoms with Crippen LogP contribution in [0.25, 0.3) is 0 Å². The van der Waals surface area contributed by atoms with Gasteiger partial charge >= 0.3 is 13.1 Å². The maximum atomic E-state index is 10.6. The van der Waals surface area contributed by atoms with E-state index in [4.69, 9.17) is 14.5 Å². The number of methoxy groups -OCH3 is 1. The highest BCUT2D eigenvalue weighted by Crippen LogP contribution is 2.28. The lowest BCUT2D eigenvalue weighted by Gasteiger charge is -2.09. The van der Waals surface area contributed by atoms with E-state index in [2.05, 4.69) is 0 Å². The molecule has 6 heteroatoms. The van der Waals surface area contributed by atoms with Gasteiger partial charge in [0, 0.05) is 0 Å². The zero-order chi connectivity index (χ0) is 11.7. The third kappa shape index (κ3) is 1.89. The Balaban J connectivity index is 2.32. The molecule has 1 aromatic carbocycles. The number of rotatable bonds is 3. The second-order valence-corrected chi connectivity index (χ2v) is 3.57. The molecule has 0 saturated heterocycles. The first kappa shape index (κ1) is 11.0. The molecule has 0 aromatic heterocycles. The fraction of sp³-hybridized carbons (Fsp3) is 0.300. The molecule has 2 N–H and O–H groups in total. The predicted octanol–water partition coefficient (Wildman–Crippen LogP) is -0.0713. The van der Waals surface area contributed by atoms with Gasteiger partial charge in [-0.2, -0.15) is 0 Å². The summed E-state index contributed by atoms with van der Waals surface area (Å²) in [7, 11) is 0.452. The second kappa shape index (κ2) is 4.15. The Hall–Kier alpha value is -1.53. The molecule has 1 aliphatic rings. The van der Waals surface area contributed by atoms with Crippen LogP contribution in [0.3, 0.4) is 0 Å². The molecule has 1 aliphatic heterocycles. The molecule has 0 fully saturated rings. The van der Waals surface area contributed by atoms with Crippen molar-refractivity contribution in [2.75, 3.05) is 7.11 Å². The van der Waals surface area contributed by atoms with Crippen LogP contribution >= 0.6 is 0 Å². The van der Waals surface area contributed by atoms with Crippen molar-refractivity contribution in [3.8, 4) is 5.75 Å². The normalized spacial score (nSPS) is 18.4. The van der Waals surface area contributed by atoms with Crippen molar-refractivity contribution in [3.63, 3.8) is 0 Å². The molecule has 0 unspecified atom stereocenters. The molecule has 0 amide bonds. The maximum absolute atomic E-state index is 10.6. The summed E-state index contributed by atoms with van der Waals surface area (Å²) in [5.74, 6) is -0.349. The summed E-state index contributed by atoms with van der Waals surface area (Å²) in [5, 5.41) is 18.3. The van der Waals surface area contributed by atoms with Crippen molar-refractivity contribution < 1.29 is 24.3 Å². The largest absolute Gasteiger partial charge is 0.497 e. The monoisotopic (exact) mass is 222 g/mol. The molecule has 16 heavy (non-hydrogen) atoms. The Kier molecular flexibility index (Phi) is 2.85. The molecule has 1 heterocycles. The first-order valence-corrected chi connectivity index (χ1v) is 4.85. The average molecular weight is 222 g/mol. The molecule has 0 spiro atoms. The van der Waals surface area contributed by atoms with E-state index >= 15 is 0 Å². The van der Waals surface area contributed by atoms with Gasteiger partial charge in [0.15, 0.2) is 0 Å². The van der Waals surface area contributed by atoms with Gasteiger partial charge in [-0.15, -0.1) is 0 Å². The maximum Gasteiger partial charge on any atom is 0.492 e. The molecule has 5 nitrogen and oxygen atoms in total. The number of benzene rings is 1. The molecule has 0 saturated carbocycles. The SMILES string of the molecule is COc1ccc2c(c1)B(O)O[C@H]2CC(=O)O. The average Bonchev–Trinajstić information content (AvgIpc) is 2.54. The van der Waals surface area contributed by atoms with Crippen LogP contribution in [0.5, 0.6) is 5.75 Å². The van der Waals surface area contributed by atoms with Crippen molar-refractivity contribution in [3.05, 3.63) is 23.8 Å². The lowest BCUT2D eigenvalue weighted by Crippen LogP contribution is -2.28. The number of carbonyl (C=O) groups is 1. The van der Waals surface area contributed by atoms with Crippen LogP contribution in [0.4, 0.5) is 0 Å². The van der Waals surface area contributed by atoms with Gasteiger partial charge in [0.05, 0.1) is 19.6 Å². The fourth-order valence-corrected chi connectivity index (χ4v) is 1.81. The van der Waals surface area contributed by atoms with Crippen LogP contribution in [0, 0.1) is 0 Å². The molecule has 1 aromatic rings. The minimum atomic E-state index is -1.07. The van der Waals surface area contributed by atoms with E-state index in [0.29, 0.717) is 16.8 Å². The lowest BCUT2D eigenvalue weighted by molar-refractivity contribution is -0.138. The van der Waals surface area contributed by atoms with E-state index in [-0.39, 0.29) is 6.42 Å². The smallest absolute Gasteiger partial charge is 0.492 e. The highest BCUT2D eigenvalue weighted by Gasteiger charge is 2.36. The third-order valence-electron chi connectivity index (χ3n) is 2.56. The van der Waals surface area contributed by atoms with E-state index in [0.717, 1.165) is 0 Å². The van der Waals surface area contributed by atoms with Crippen LogP contribution in [0.2, 0.25) is 0 Å². The summed E-state index contributed by atoms with van der Waals surface area (Å²) < 4.78 is 10.2. The fourth-order valence-electron chi connectivity index (χ4n) is 1.81. The molecule has 0 radical (unpaired) electrons. The molecular weight excluding hydrogens is 211 g/mol. The highest BCUT2D eigenvalue weighted by molar-refractivity contribution is 6.61. The highest BCUT2D eigenvalue weighted by atomic mass is 16.5. The topological polar surface area (TPSA) is 76.0 Å². The summed E-state index contributed by atoms with van der Waals surface area (Å²) in [6, 6.07) is 5.09. The molecule has 0 aliphatic carbocycles. The van der Waals surface area contributed by atoms with Gasteiger partial charge in [-0.25, -0.2) is 0 Å². The Morgan fingerprint density at radius 3 is 3.00 bits per heavy atom. The molecule has 0 bridgehead atoms. The summed E-state index contributed by atoms with van der Waals surface area (Å²) >= 11 is 0. The van der Waals surface area contributed by atoms with Gasteiger partial charge in [0.25, 0.3) is 0 Å². The number of fused-ring (bicyclic) bond motifs is 1. The van der Waals surface area contributed by atoms with Crippen molar-refractivity contribution in [1.29, 1.82) is 0 Å². The number of carboxylic acids is 1. The van der Waals surface area contributed by atoms with E-state index in [1.165, 1.54) is 7.11 Å². The number of hydrogen-bond acceptors (Lipinski definition) is 4. The molecule has 84 valence electrons. The number of ether oxygens (including phenoxy) is 1. The first-order chi connectivity index (χ1) is 7.61. The standard InChI is InChI=1S/C10H11BO5/c1-15-6-2-3-7-8(4-6)11(14)16-9(7)5-10(12)13/h2-4,9,14H,5H2,1H3,(H,12,13)/t9-/m0/s1. The molecule has 2 rings (SSSR count). The number of aliphatic carboxylic acids is 1. The summed E-state index contributed by atoms with van der Waals surface area (Å²) in [6.07, 6.45) is -0.746. The Labute approximate surface area is 92.8 Å². The zero-order valence-corrected chi connectivity index (χ0v) is 8.71. The molecule has 1 atom stereocenters.